The Balaban J connectivity index is 1.94. The summed E-state index contributed by atoms with van der Waals surface area (Å²) in [5.74, 6) is 1.01. The third-order valence-electron chi connectivity index (χ3n) is 2.86. The van der Waals surface area contributed by atoms with E-state index in [1.165, 1.54) is 12.0 Å². The maximum absolute atomic E-state index is 11.3. The van der Waals surface area contributed by atoms with Gasteiger partial charge in [-0.15, -0.1) is 0 Å². The molecule has 1 aliphatic rings. The molecular formula is C12H15NO. The van der Waals surface area contributed by atoms with Gasteiger partial charge in [0.15, 0.2) is 0 Å². The number of carbonyl (C=O) groups is 1. The number of nitrogens with zero attached hydrogens (tertiary/aromatic N) is 1. The molecule has 1 aromatic heterocycles. The van der Waals surface area contributed by atoms with Crippen LogP contribution in [-0.4, -0.2) is 10.8 Å². The quantitative estimate of drug-likeness (QED) is 0.715. The molecule has 14 heavy (non-hydrogen) atoms. The lowest BCUT2D eigenvalue weighted by Crippen LogP contribution is -2.16. The van der Waals surface area contributed by atoms with Crippen LogP contribution in [0, 0.1) is 5.92 Å². The number of carbonyl (C=O) groups excluding carboxylic acids is 1. The summed E-state index contributed by atoms with van der Waals surface area (Å²) in [5, 5.41) is 0. The van der Waals surface area contributed by atoms with Gasteiger partial charge in [-0.25, -0.2) is 0 Å². The predicted octanol–water partition coefficient (Wildman–Crippen LogP) is 2.38. The van der Waals surface area contributed by atoms with E-state index in [1.807, 2.05) is 24.5 Å². The SMILES string of the molecule is O=C1CCCC(Cc2ccncc2)C1. The number of aromatic nitrogens is 1. The minimum absolute atomic E-state index is 0.440. The fourth-order valence-electron chi connectivity index (χ4n) is 2.14. The number of ketones is 1. The second-order valence-electron chi connectivity index (χ2n) is 4.06. The molecule has 1 unspecified atom stereocenters. The van der Waals surface area contributed by atoms with E-state index < -0.39 is 0 Å². The van der Waals surface area contributed by atoms with Crippen molar-refractivity contribution in [3.05, 3.63) is 30.1 Å². The van der Waals surface area contributed by atoms with E-state index in [-0.39, 0.29) is 0 Å². The van der Waals surface area contributed by atoms with Crippen LogP contribution in [0.1, 0.15) is 31.2 Å². The molecule has 74 valence electrons. The highest BCUT2D eigenvalue weighted by Crippen LogP contribution is 2.24. The monoisotopic (exact) mass is 189 g/mol. The van der Waals surface area contributed by atoms with Crippen LogP contribution >= 0.6 is 0 Å². The average molecular weight is 189 g/mol. The number of hydrogen-bond acceptors (Lipinski definition) is 2. The first-order valence-electron chi connectivity index (χ1n) is 5.25. The molecule has 0 aromatic carbocycles. The molecule has 1 saturated carbocycles. The van der Waals surface area contributed by atoms with Gasteiger partial charge in [-0.2, -0.15) is 0 Å². The maximum atomic E-state index is 11.3. The summed E-state index contributed by atoms with van der Waals surface area (Å²) in [6.45, 7) is 0. The lowest BCUT2D eigenvalue weighted by molar-refractivity contribution is -0.121. The molecule has 2 rings (SSSR count). The Morgan fingerprint density at radius 3 is 2.86 bits per heavy atom. The molecule has 1 fully saturated rings. The van der Waals surface area contributed by atoms with Crippen molar-refractivity contribution in [1.82, 2.24) is 4.98 Å². The van der Waals surface area contributed by atoms with E-state index in [4.69, 9.17) is 0 Å². The van der Waals surface area contributed by atoms with Crippen LogP contribution in [0.25, 0.3) is 0 Å². The number of hydrogen-bond donors (Lipinski definition) is 0. The van der Waals surface area contributed by atoms with Gasteiger partial charge in [0, 0.05) is 25.2 Å². The second kappa shape index (κ2) is 4.36. The van der Waals surface area contributed by atoms with Crippen molar-refractivity contribution in [3.63, 3.8) is 0 Å². The van der Waals surface area contributed by atoms with Crippen LogP contribution in [0.15, 0.2) is 24.5 Å². The molecule has 2 nitrogen and oxygen atoms in total. The van der Waals surface area contributed by atoms with Crippen molar-refractivity contribution in [3.8, 4) is 0 Å². The maximum Gasteiger partial charge on any atom is 0.133 e. The van der Waals surface area contributed by atoms with Crippen LogP contribution < -0.4 is 0 Å². The largest absolute Gasteiger partial charge is 0.300 e. The summed E-state index contributed by atoms with van der Waals surface area (Å²) in [4.78, 5) is 15.2. The molecule has 0 N–H and O–H groups in total. The van der Waals surface area contributed by atoms with Crippen LogP contribution in [0.3, 0.4) is 0 Å². The number of rotatable bonds is 2. The van der Waals surface area contributed by atoms with Gasteiger partial charge in [0.25, 0.3) is 0 Å². The first-order valence-corrected chi connectivity index (χ1v) is 5.25. The van der Waals surface area contributed by atoms with E-state index >= 15 is 0 Å². The van der Waals surface area contributed by atoms with Gasteiger partial charge in [-0.1, -0.05) is 0 Å². The molecule has 1 heterocycles. The third-order valence-corrected chi connectivity index (χ3v) is 2.86. The molecular weight excluding hydrogens is 174 g/mol. The van der Waals surface area contributed by atoms with Crippen LogP contribution in [0.4, 0.5) is 0 Å². The highest BCUT2D eigenvalue weighted by atomic mass is 16.1. The van der Waals surface area contributed by atoms with Crippen molar-refractivity contribution in [2.24, 2.45) is 5.92 Å². The zero-order valence-electron chi connectivity index (χ0n) is 8.28. The highest BCUT2D eigenvalue weighted by molar-refractivity contribution is 5.79. The van der Waals surface area contributed by atoms with Crippen molar-refractivity contribution >= 4 is 5.78 Å². The van der Waals surface area contributed by atoms with Crippen LogP contribution in [0.2, 0.25) is 0 Å². The summed E-state index contributed by atoms with van der Waals surface area (Å²) >= 11 is 0. The standard InChI is InChI=1S/C12H15NO/c14-12-3-1-2-11(9-12)8-10-4-6-13-7-5-10/h4-7,11H,1-3,8-9H2. The molecule has 0 saturated heterocycles. The zero-order chi connectivity index (χ0) is 9.80. The summed E-state index contributed by atoms with van der Waals surface area (Å²) in [7, 11) is 0. The summed E-state index contributed by atoms with van der Waals surface area (Å²) < 4.78 is 0. The molecule has 1 aromatic rings. The van der Waals surface area contributed by atoms with Crippen molar-refractivity contribution in [2.75, 3.05) is 0 Å². The first kappa shape index (κ1) is 9.38. The Labute approximate surface area is 84.4 Å². The topological polar surface area (TPSA) is 30.0 Å². The Kier molecular flexibility index (Phi) is 2.92. The van der Waals surface area contributed by atoms with Crippen LogP contribution in [-0.2, 0) is 11.2 Å². The Morgan fingerprint density at radius 1 is 1.36 bits per heavy atom. The van der Waals surface area contributed by atoms with Crippen molar-refractivity contribution in [1.29, 1.82) is 0 Å². The molecule has 0 radical (unpaired) electrons. The molecule has 0 spiro atoms. The lowest BCUT2D eigenvalue weighted by Gasteiger charge is -2.20. The second-order valence-corrected chi connectivity index (χ2v) is 4.06. The smallest absolute Gasteiger partial charge is 0.133 e. The molecule has 0 amide bonds. The molecule has 1 aliphatic carbocycles. The summed E-state index contributed by atoms with van der Waals surface area (Å²) in [6, 6.07) is 4.08. The number of Topliss-reactive ketones (excluding diaryl/α,β-unsaturated/α-hetero) is 1. The van der Waals surface area contributed by atoms with Crippen molar-refractivity contribution < 1.29 is 4.79 Å². The van der Waals surface area contributed by atoms with Gasteiger partial charge in [-0.05, 0) is 42.9 Å². The van der Waals surface area contributed by atoms with Crippen LogP contribution in [0.5, 0.6) is 0 Å². The predicted molar refractivity (Wildman–Crippen MR) is 54.9 cm³/mol. The normalized spacial score (nSPS) is 22.3. The fraction of sp³-hybridized carbons (Fsp3) is 0.500. The van der Waals surface area contributed by atoms with E-state index in [9.17, 15) is 4.79 Å². The summed E-state index contributed by atoms with van der Waals surface area (Å²) in [6.07, 6.45) is 8.53. The Hall–Kier alpha value is -1.18. The number of pyridine rings is 1. The molecule has 2 heteroatoms. The van der Waals surface area contributed by atoms with E-state index in [1.54, 1.807) is 0 Å². The summed E-state index contributed by atoms with van der Waals surface area (Å²) in [5.41, 5.74) is 1.31. The van der Waals surface area contributed by atoms with E-state index in [0.29, 0.717) is 11.7 Å². The lowest BCUT2D eigenvalue weighted by atomic mass is 9.84. The van der Waals surface area contributed by atoms with E-state index in [2.05, 4.69) is 4.98 Å². The van der Waals surface area contributed by atoms with Gasteiger partial charge < -0.3 is 0 Å². The average Bonchev–Trinajstić information content (AvgIpc) is 2.19. The minimum atomic E-state index is 0.440. The Bertz CT molecular complexity index is 307. The molecule has 1 atom stereocenters. The molecule has 0 aliphatic heterocycles. The van der Waals surface area contributed by atoms with Gasteiger partial charge in [-0.3, -0.25) is 9.78 Å². The van der Waals surface area contributed by atoms with Gasteiger partial charge >= 0.3 is 0 Å². The van der Waals surface area contributed by atoms with E-state index in [0.717, 1.165) is 25.7 Å². The third kappa shape index (κ3) is 2.41. The minimum Gasteiger partial charge on any atom is -0.300 e. The van der Waals surface area contributed by atoms with Gasteiger partial charge in [0.05, 0.1) is 0 Å². The highest BCUT2D eigenvalue weighted by Gasteiger charge is 2.19. The Morgan fingerprint density at radius 2 is 2.14 bits per heavy atom. The fourth-order valence-corrected chi connectivity index (χ4v) is 2.14. The van der Waals surface area contributed by atoms with Gasteiger partial charge in [0.1, 0.15) is 5.78 Å². The van der Waals surface area contributed by atoms with Gasteiger partial charge in [0.2, 0.25) is 0 Å². The zero-order valence-corrected chi connectivity index (χ0v) is 8.28. The first-order chi connectivity index (χ1) is 6.84. The molecule has 0 bridgehead atoms. The van der Waals surface area contributed by atoms with Crippen molar-refractivity contribution in [2.45, 2.75) is 32.1 Å².